The number of unbranched alkanes of at least 4 members (excludes halogenated alkanes) is 1. The normalized spacial score (nSPS) is 18.1. The quantitative estimate of drug-likeness (QED) is 0.549. The van der Waals surface area contributed by atoms with E-state index in [4.69, 9.17) is 0 Å². The lowest BCUT2D eigenvalue weighted by molar-refractivity contribution is -0.947. The van der Waals surface area contributed by atoms with E-state index in [0.29, 0.717) is 12.2 Å². The van der Waals surface area contributed by atoms with Crippen LogP contribution in [0.15, 0.2) is 18.2 Å². The van der Waals surface area contributed by atoms with Crippen LogP contribution in [-0.2, 0) is 11.2 Å². The van der Waals surface area contributed by atoms with Crippen molar-refractivity contribution in [1.82, 2.24) is 0 Å². The highest BCUT2D eigenvalue weighted by Gasteiger charge is 2.41. The molecule has 1 aromatic rings. The van der Waals surface area contributed by atoms with Crippen LogP contribution in [0.3, 0.4) is 0 Å². The molecule has 0 aliphatic carbocycles. The maximum absolute atomic E-state index is 13.5. The van der Waals surface area contributed by atoms with Gasteiger partial charge in [0.05, 0.1) is 19.6 Å². The zero-order valence-corrected chi connectivity index (χ0v) is 16.9. The van der Waals surface area contributed by atoms with E-state index in [9.17, 15) is 4.79 Å². The van der Waals surface area contributed by atoms with Crippen molar-refractivity contribution < 1.29 is 9.28 Å². The lowest BCUT2D eigenvalue weighted by Gasteiger charge is -2.47. The van der Waals surface area contributed by atoms with Crippen molar-refractivity contribution in [1.29, 1.82) is 0 Å². The lowest BCUT2D eigenvalue weighted by atomic mass is 9.90. The Bertz CT molecular complexity index is 531. The van der Waals surface area contributed by atoms with E-state index in [1.165, 1.54) is 74.8 Å². The molecule has 0 spiro atoms. The molecular formula is C23H38NO+. The summed E-state index contributed by atoms with van der Waals surface area (Å²) in [5.41, 5.74) is 3.80. The molecule has 0 amide bonds. The van der Waals surface area contributed by atoms with Crippen LogP contribution in [0.2, 0.25) is 0 Å². The molecule has 1 aromatic carbocycles. The van der Waals surface area contributed by atoms with E-state index in [-0.39, 0.29) is 6.04 Å². The van der Waals surface area contributed by atoms with Gasteiger partial charge in [0.2, 0.25) is 0 Å². The van der Waals surface area contributed by atoms with Gasteiger partial charge in [0.15, 0.2) is 5.78 Å². The van der Waals surface area contributed by atoms with Crippen molar-refractivity contribution in [3.8, 4) is 0 Å². The fourth-order valence-corrected chi connectivity index (χ4v) is 4.84. The molecule has 0 radical (unpaired) electrons. The average Bonchev–Trinajstić information content (AvgIpc) is 2.59. The second kappa shape index (κ2) is 9.52. The molecule has 1 saturated heterocycles. The molecule has 2 nitrogen and oxygen atoms in total. The van der Waals surface area contributed by atoms with Crippen molar-refractivity contribution in [2.24, 2.45) is 0 Å². The first kappa shape index (κ1) is 20.2. The zero-order valence-electron chi connectivity index (χ0n) is 16.9. The average molecular weight is 345 g/mol. The number of carbonyl (C=O) groups is 1. The predicted octanol–water partition coefficient (Wildman–Crippen LogP) is 5.38. The van der Waals surface area contributed by atoms with Crippen molar-refractivity contribution >= 4 is 5.78 Å². The fourth-order valence-electron chi connectivity index (χ4n) is 4.84. The maximum atomic E-state index is 13.5. The molecule has 2 rings (SSSR count). The summed E-state index contributed by atoms with van der Waals surface area (Å²) < 4.78 is 1.07. The van der Waals surface area contributed by atoms with Crippen molar-refractivity contribution in [2.75, 3.05) is 19.6 Å². The maximum Gasteiger partial charge on any atom is 0.194 e. The summed E-state index contributed by atoms with van der Waals surface area (Å²) in [4.78, 5) is 13.5. The highest BCUT2D eigenvalue weighted by atomic mass is 16.1. The van der Waals surface area contributed by atoms with Gasteiger partial charge in [0.1, 0.15) is 6.04 Å². The van der Waals surface area contributed by atoms with Crippen LogP contribution in [0.4, 0.5) is 0 Å². The SMILES string of the molecule is CCCCC(C(=O)Cc1c(C)cccc1C)[N+]1(CCC)CCCCC1. The molecule has 1 unspecified atom stereocenters. The monoisotopic (exact) mass is 344 g/mol. The van der Waals surface area contributed by atoms with Gasteiger partial charge in [0, 0.05) is 12.8 Å². The Morgan fingerprint density at radius 2 is 1.68 bits per heavy atom. The molecular weight excluding hydrogens is 306 g/mol. The molecule has 0 saturated carbocycles. The fraction of sp³-hybridized carbons (Fsp3) is 0.696. The van der Waals surface area contributed by atoms with Crippen LogP contribution >= 0.6 is 0 Å². The number of quaternary nitrogens is 1. The summed E-state index contributed by atoms with van der Waals surface area (Å²) in [6, 6.07) is 6.60. The van der Waals surface area contributed by atoms with Crippen LogP contribution in [0.1, 0.15) is 75.5 Å². The summed E-state index contributed by atoms with van der Waals surface area (Å²) in [5.74, 6) is 0.487. The van der Waals surface area contributed by atoms with Gasteiger partial charge in [-0.05, 0) is 62.6 Å². The van der Waals surface area contributed by atoms with Crippen LogP contribution in [0.25, 0.3) is 0 Å². The molecule has 1 fully saturated rings. The lowest BCUT2D eigenvalue weighted by Crippen LogP contribution is -2.61. The van der Waals surface area contributed by atoms with Gasteiger partial charge in [-0.2, -0.15) is 0 Å². The van der Waals surface area contributed by atoms with Gasteiger partial charge in [-0.1, -0.05) is 38.5 Å². The highest BCUT2D eigenvalue weighted by Crippen LogP contribution is 2.29. The standard InChI is InChI=1S/C23H38NO/c1-5-7-14-22(24(15-6-2)16-9-8-10-17-24)23(25)18-21-19(3)12-11-13-20(21)4/h11-13,22H,5-10,14-18H2,1-4H3/q+1. The number of aryl methyl sites for hydroxylation is 2. The van der Waals surface area contributed by atoms with Gasteiger partial charge < -0.3 is 4.48 Å². The Balaban J connectivity index is 2.27. The van der Waals surface area contributed by atoms with E-state index in [1.807, 2.05) is 0 Å². The van der Waals surface area contributed by atoms with Gasteiger partial charge in [-0.3, -0.25) is 4.79 Å². The minimum atomic E-state index is 0.208. The Kier molecular flexibility index (Phi) is 7.68. The van der Waals surface area contributed by atoms with E-state index in [1.54, 1.807) is 0 Å². The van der Waals surface area contributed by atoms with Crippen LogP contribution in [0, 0.1) is 13.8 Å². The zero-order chi connectivity index (χ0) is 18.3. The Hall–Kier alpha value is -1.15. The van der Waals surface area contributed by atoms with E-state index < -0.39 is 0 Å². The Labute approximate surface area is 155 Å². The second-order valence-electron chi connectivity index (χ2n) is 8.12. The number of benzene rings is 1. The van der Waals surface area contributed by atoms with E-state index in [0.717, 1.165) is 10.9 Å². The summed E-state index contributed by atoms with van der Waals surface area (Å²) in [6.45, 7) is 12.4. The number of likely N-dealkylation sites (tertiary alicyclic amines) is 1. The summed E-state index contributed by atoms with van der Waals surface area (Å²) in [6.07, 6.45) is 9.15. The minimum Gasteiger partial charge on any atom is -0.315 e. The number of Topliss-reactive ketones (excluding diaryl/α,β-unsaturated/α-hetero) is 1. The molecule has 0 bridgehead atoms. The Morgan fingerprint density at radius 3 is 2.24 bits per heavy atom. The molecule has 25 heavy (non-hydrogen) atoms. The first-order valence-electron chi connectivity index (χ1n) is 10.5. The Morgan fingerprint density at radius 1 is 1.04 bits per heavy atom. The summed E-state index contributed by atoms with van der Waals surface area (Å²) in [7, 11) is 0. The third-order valence-electron chi connectivity index (χ3n) is 6.24. The summed E-state index contributed by atoms with van der Waals surface area (Å²) in [5, 5.41) is 0. The van der Waals surface area contributed by atoms with Crippen molar-refractivity contribution in [3.05, 3.63) is 34.9 Å². The molecule has 1 atom stereocenters. The first-order valence-corrected chi connectivity index (χ1v) is 10.5. The number of piperidine rings is 1. The second-order valence-corrected chi connectivity index (χ2v) is 8.12. The van der Waals surface area contributed by atoms with E-state index >= 15 is 0 Å². The number of hydrogen-bond acceptors (Lipinski definition) is 1. The third kappa shape index (κ3) is 4.94. The first-order chi connectivity index (χ1) is 12.0. The molecule has 1 aliphatic heterocycles. The minimum absolute atomic E-state index is 0.208. The van der Waals surface area contributed by atoms with Crippen LogP contribution in [-0.4, -0.2) is 35.9 Å². The van der Waals surface area contributed by atoms with Crippen LogP contribution in [0.5, 0.6) is 0 Å². The van der Waals surface area contributed by atoms with Gasteiger partial charge >= 0.3 is 0 Å². The topological polar surface area (TPSA) is 17.1 Å². The molecule has 0 aromatic heterocycles. The van der Waals surface area contributed by atoms with Gasteiger partial charge in [-0.15, -0.1) is 0 Å². The largest absolute Gasteiger partial charge is 0.315 e. The number of nitrogens with zero attached hydrogens (tertiary/aromatic N) is 1. The summed E-state index contributed by atoms with van der Waals surface area (Å²) >= 11 is 0. The number of ketones is 1. The molecule has 0 N–H and O–H groups in total. The van der Waals surface area contributed by atoms with Crippen molar-refractivity contribution in [3.63, 3.8) is 0 Å². The number of rotatable bonds is 9. The smallest absolute Gasteiger partial charge is 0.194 e. The molecule has 1 aliphatic rings. The molecule has 2 heteroatoms. The third-order valence-corrected chi connectivity index (χ3v) is 6.24. The van der Waals surface area contributed by atoms with E-state index in [2.05, 4.69) is 45.9 Å². The van der Waals surface area contributed by atoms with Crippen molar-refractivity contribution in [2.45, 2.75) is 85.1 Å². The van der Waals surface area contributed by atoms with Crippen LogP contribution < -0.4 is 0 Å². The van der Waals surface area contributed by atoms with Gasteiger partial charge in [0.25, 0.3) is 0 Å². The number of carbonyl (C=O) groups excluding carboxylic acids is 1. The molecule has 140 valence electrons. The van der Waals surface area contributed by atoms with Gasteiger partial charge in [-0.25, -0.2) is 0 Å². The molecule has 1 heterocycles. The predicted molar refractivity (Wildman–Crippen MR) is 107 cm³/mol. The number of hydrogen-bond donors (Lipinski definition) is 0. The highest BCUT2D eigenvalue weighted by molar-refractivity contribution is 5.85.